The van der Waals surface area contributed by atoms with Crippen LogP contribution >= 0.6 is 11.6 Å². The van der Waals surface area contributed by atoms with E-state index < -0.39 is 5.60 Å². The number of aliphatic hydroxyl groups is 1. The zero-order chi connectivity index (χ0) is 16.6. The second-order valence-electron chi connectivity index (χ2n) is 6.76. The molecule has 1 aromatic rings. The molecule has 0 bridgehead atoms. The summed E-state index contributed by atoms with van der Waals surface area (Å²) in [5.74, 6) is 7.41. The molecule has 1 saturated heterocycles. The minimum absolute atomic E-state index is 0.336. The Kier molecular flexibility index (Phi) is 4.19. The zero-order valence-corrected chi connectivity index (χ0v) is 14.3. The Hall–Kier alpha value is -1.64. The molecule has 5 heteroatoms. The molecule has 1 saturated carbocycles. The molecule has 1 aliphatic carbocycles. The number of fused-ring (bicyclic) bond motifs is 1. The van der Waals surface area contributed by atoms with Crippen molar-refractivity contribution >= 4 is 17.4 Å². The molecule has 3 atom stereocenters. The van der Waals surface area contributed by atoms with Gasteiger partial charge in [-0.2, -0.15) is 5.01 Å². The Bertz CT molecular complexity index is 763. The first-order chi connectivity index (χ1) is 11.6. The third kappa shape index (κ3) is 3.13. The average molecular weight is 343 g/mol. The monoisotopic (exact) mass is 342 g/mol. The summed E-state index contributed by atoms with van der Waals surface area (Å²) in [6.45, 7) is 1.00. The van der Waals surface area contributed by atoms with Crippen LogP contribution in [0.3, 0.4) is 0 Å². The first-order valence-corrected chi connectivity index (χ1v) is 8.89. The molecule has 2 aliphatic heterocycles. The molecular weight excluding hydrogens is 322 g/mol. The van der Waals surface area contributed by atoms with Crippen molar-refractivity contribution in [1.29, 1.82) is 0 Å². The Morgan fingerprint density at radius 3 is 3.21 bits per heavy atom. The Labute approximate surface area is 147 Å². The molecule has 24 heavy (non-hydrogen) atoms. The third-order valence-electron chi connectivity index (χ3n) is 5.06. The van der Waals surface area contributed by atoms with E-state index in [0.717, 1.165) is 37.8 Å². The smallest absolute Gasteiger partial charge is 0.227 e. The van der Waals surface area contributed by atoms with Gasteiger partial charge in [0.1, 0.15) is 11.8 Å². The van der Waals surface area contributed by atoms with E-state index in [-0.39, 0.29) is 0 Å². The minimum Gasteiger partial charge on any atom is -0.378 e. The fourth-order valence-electron chi connectivity index (χ4n) is 3.90. The van der Waals surface area contributed by atoms with Crippen molar-refractivity contribution in [3.63, 3.8) is 0 Å². The topological polar surface area (TPSA) is 40.3 Å². The van der Waals surface area contributed by atoms with Crippen LogP contribution in [-0.4, -0.2) is 34.1 Å². The number of halogens is 1. The van der Waals surface area contributed by atoms with Crippen molar-refractivity contribution in [1.82, 2.24) is 5.01 Å². The molecule has 4 nitrogen and oxygen atoms in total. The number of aliphatic imine (C=N–C) groups is 1. The number of quaternary nitrogens is 1. The van der Waals surface area contributed by atoms with Crippen LogP contribution in [0.1, 0.15) is 37.7 Å². The van der Waals surface area contributed by atoms with E-state index >= 15 is 0 Å². The number of benzene rings is 1. The van der Waals surface area contributed by atoms with E-state index in [1.54, 1.807) is 0 Å². The van der Waals surface area contributed by atoms with Crippen LogP contribution in [0.15, 0.2) is 41.7 Å². The molecule has 0 radical (unpaired) electrons. The quantitative estimate of drug-likeness (QED) is 0.763. The van der Waals surface area contributed by atoms with Crippen molar-refractivity contribution in [2.24, 2.45) is 4.99 Å². The Balaban J connectivity index is 1.50. The number of amidine groups is 1. The summed E-state index contributed by atoms with van der Waals surface area (Å²) in [6.07, 6.45) is 8.49. The van der Waals surface area contributed by atoms with Crippen molar-refractivity contribution in [3.8, 4) is 11.8 Å². The first-order valence-electron chi connectivity index (χ1n) is 8.51. The van der Waals surface area contributed by atoms with Gasteiger partial charge in [0.05, 0.1) is 25.2 Å². The van der Waals surface area contributed by atoms with Crippen molar-refractivity contribution in [2.75, 3.05) is 6.54 Å². The van der Waals surface area contributed by atoms with Gasteiger partial charge in [0.15, 0.2) is 0 Å². The van der Waals surface area contributed by atoms with Gasteiger partial charge in [-0.15, -0.1) is 5.01 Å². The highest BCUT2D eigenvalue weighted by Gasteiger charge is 2.43. The second kappa shape index (κ2) is 6.34. The van der Waals surface area contributed by atoms with Gasteiger partial charge in [0.2, 0.25) is 5.84 Å². The lowest BCUT2D eigenvalue weighted by Gasteiger charge is -2.37. The van der Waals surface area contributed by atoms with Crippen LogP contribution in [0.4, 0.5) is 0 Å². The standard InChI is InChI=1S/C19H20ClN3O/c20-16-4-1-3-15(13-16)6-9-19(24)8-2-5-17(14-19)22-11-7-18-21-10-12-23(18)22/h1,3-4,10,12-13,17,24H,2,5,7-8,11,14H2/p+1/t17-,19+/m1/s1. The predicted molar refractivity (Wildman–Crippen MR) is 94.4 cm³/mol. The van der Waals surface area contributed by atoms with Crippen molar-refractivity contribution < 1.29 is 10.1 Å². The van der Waals surface area contributed by atoms with Crippen molar-refractivity contribution in [2.45, 2.75) is 43.7 Å². The Morgan fingerprint density at radius 2 is 2.33 bits per heavy atom. The summed E-state index contributed by atoms with van der Waals surface area (Å²) >= 11 is 6.00. The van der Waals surface area contributed by atoms with Gasteiger partial charge in [0, 0.05) is 17.0 Å². The van der Waals surface area contributed by atoms with Gasteiger partial charge < -0.3 is 5.11 Å². The molecule has 2 heterocycles. The van der Waals surface area contributed by atoms with Crippen LogP contribution < -0.4 is 5.01 Å². The van der Waals surface area contributed by atoms with Crippen LogP contribution in [0.2, 0.25) is 5.02 Å². The average Bonchev–Trinajstić information content (AvgIpc) is 3.16. The SMILES string of the molecule is O[C@]1(C#Cc2cccc(Cl)c2)CCC[C@@H](N2CCC3=NC=C[NH+]32)C1. The van der Waals surface area contributed by atoms with E-state index in [9.17, 15) is 5.11 Å². The van der Waals surface area contributed by atoms with Gasteiger partial charge in [-0.3, -0.25) is 0 Å². The van der Waals surface area contributed by atoms with Gasteiger partial charge in [-0.05, 0) is 37.5 Å². The van der Waals surface area contributed by atoms with Gasteiger partial charge in [-0.25, -0.2) is 4.99 Å². The molecule has 124 valence electrons. The zero-order valence-electron chi connectivity index (χ0n) is 13.5. The molecule has 2 N–H and O–H groups in total. The summed E-state index contributed by atoms with van der Waals surface area (Å²) < 4.78 is 0. The predicted octanol–water partition coefficient (Wildman–Crippen LogP) is 1.75. The second-order valence-corrected chi connectivity index (χ2v) is 7.20. The number of rotatable bonds is 1. The molecule has 0 amide bonds. The van der Waals surface area contributed by atoms with Crippen LogP contribution in [-0.2, 0) is 0 Å². The number of hydrogen-bond donors (Lipinski definition) is 2. The van der Waals surface area contributed by atoms with Crippen LogP contribution in [0.5, 0.6) is 0 Å². The minimum atomic E-state index is -0.923. The molecule has 0 aromatic heterocycles. The molecule has 4 rings (SSSR count). The lowest BCUT2D eigenvalue weighted by molar-refractivity contribution is -0.881. The summed E-state index contributed by atoms with van der Waals surface area (Å²) in [7, 11) is 0. The summed E-state index contributed by atoms with van der Waals surface area (Å²) in [4.78, 5) is 4.42. The van der Waals surface area contributed by atoms with E-state index in [1.165, 1.54) is 10.8 Å². The lowest BCUT2D eigenvalue weighted by atomic mass is 9.81. The van der Waals surface area contributed by atoms with E-state index in [1.807, 2.05) is 30.5 Å². The maximum absolute atomic E-state index is 11.0. The highest BCUT2D eigenvalue weighted by Crippen LogP contribution is 2.31. The van der Waals surface area contributed by atoms with Gasteiger partial charge in [-0.1, -0.05) is 29.5 Å². The maximum atomic E-state index is 11.0. The van der Waals surface area contributed by atoms with Crippen molar-refractivity contribution in [3.05, 3.63) is 47.3 Å². The molecule has 2 fully saturated rings. The summed E-state index contributed by atoms with van der Waals surface area (Å²) in [6, 6.07) is 7.80. The van der Waals surface area contributed by atoms with Crippen LogP contribution in [0, 0.1) is 11.8 Å². The molecule has 3 aliphatic rings. The fraction of sp³-hybridized carbons (Fsp3) is 0.421. The Morgan fingerprint density at radius 1 is 1.42 bits per heavy atom. The maximum Gasteiger partial charge on any atom is 0.227 e. The fourth-order valence-corrected chi connectivity index (χ4v) is 4.09. The van der Waals surface area contributed by atoms with E-state index in [4.69, 9.17) is 11.6 Å². The third-order valence-corrected chi connectivity index (χ3v) is 5.30. The molecular formula is C19H21ClN3O+. The molecule has 0 spiro atoms. The van der Waals surface area contributed by atoms with Gasteiger partial charge >= 0.3 is 0 Å². The lowest BCUT2D eigenvalue weighted by Crippen LogP contribution is -3.14. The highest BCUT2D eigenvalue weighted by molar-refractivity contribution is 6.30. The molecule has 1 aromatic carbocycles. The van der Waals surface area contributed by atoms with E-state index in [2.05, 4.69) is 28.0 Å². The summed E-state index contributed by atoms with van der Waals surface area (Å²) in [5.41, 5.74) is -0.0738. The summed E-state index contributed by atoms with van der Waals surface area (Å²) in [5, 5.41) is 15.3. The van der Waals surface area contributed by atoms with E-state index in [0.29, 0.717) is 17.5 Å². The first kappa shape index (κ1) is 15.9. The normalized spacial score (nSPS) is 32.2. The number of nitrogens with zero attached hydrogens (tertiary/aromatic N) is 2. The largest absolute Gasteiger partial charge is 0.378 e. The van der Waals surface area contributed by atoms with Gasteiger partial charge in [0.25, 0.3) is 0 Å². The highest BCUT2D eigenvalue weighted by atomic mass is 35.5. The number of hydrogen-bond acceptors (Lipinski definition) is 3. The van der Waals surface area contributed by atoms with Crippen LogP contribution in [0.25, 0.3) is 0 Å². The number of nitrogens with one attached hydrogen (secondary N) is 1. The molecule has 1 unspecified atom stereocenters.